The number of hydrogen-bond acceptors (Lipinski definition) is 11. The van der Waals surface area contributed by atoms with Gasteiger partial charge in [-0.2, -0.15) is 0 Å². The van der Waals surface area contributed by atoms with E-state index in [-0.39, 0.29) is 26.1 Å². The first-order chi connectivity index (χ1) is 23.0. The molecular formula is C32H50N6O10. The fourth-order valence-corrected chi connectivity index (χ4v) is 4.96. The second-order valence-corrected chi connectivity index (χ2v) is 11.7. The van der Waals surface area contributed by atoms with Crippen LogP contribution >= 0.6 is 0 Å². The highest BCUT2D eigenvalue weighted by molar-refractivity contribution is 5.92. The van der Waals surface area contributed by atoms with Gasteiger partial charge in [0.1, 0.15) is 42.5 Å². The molecule has 1 aliphatic rings. The number of carbonyl (C=O) groups is 4. The van der Waals surface area contributed by atoms with Crippen LogP contribution in [0.3, 0.4) is 0 Å². The molecule has 6 N–H and O–H groups in total. The standard InChI is InChI=1S/C32H50N6O10/c1-4-5-6-7-8-12-17-45-25(40)16-15-23(29(33)42)36-30(43)20(2)35-31(44)21(3)47-28-26(37-38-34)32(48-24(18-39)27(28)41)46-19-22-13-10-9-11-14-22/h9-11,13-14,20-21,23-24,26-28,32,39,41H,4-8,12,15-19H2,1-3H3,(H2,33,42)(H,35,44)(H,36,43)/t20-,21+,23+,24+,26+,27+,28+,32-/m0/s1. The maximum absolute atomic E-state index is 13.0. The minimum absolute atomic E-state index is 0.0548. The number of nitrogens with two attached hydrogens (primary N) is 1. The number of primary amides is 1. The van der Waals surface area contributed by atoms with Crippen LogP contribution in [0.15, 0.2) is 35.4 Å². The van der Waals surface area contributed by atoms with Crippen molar-refractivity contribution in [1.29, 1.82) is 0 Å². The van der Waals surface area contributed by atoms with E-state index in [0.29, 0.717) is 0 Å². The van der Waals surface area contributed by atoms with Gasteiger partial charge in [-0.05, 0) is 37.8 Å². The molecule has 16 heteroatoms. The normalized spacial score (nSPS) is 22.4. The highest BCUT2D eigenvalue weighted by atomic mass is 16.7. The molecule has 8 atom stereocenters. The molecule has 268 valence electrons. The van der Waals surface area contributed by atoms with E-state index in [1.54, 1.807) is 12.1 Å². The number of azide groups is 1. The Balaban J connectivity index is 1.92. The molecule has 0 aromatic heterocycles. The molecule has 0 radical (unpaired) electrons. The predicted octanol–water partition coefficient (Wildman–Crippen LogP) is 1.89. The van der Waals surface area contributed by atoms with Crippen LogP contribution in [0.1, 0.15) is 77.7 Å². The van der Waals surface area contributed by atoms with E-state index in [0.717, 1.165) is 37.7 Å². The number of benzene rings is 1. The van der Waals surface area contributed by atoms with Crippen LogP contribution in [-0.4, -0.2) is 95.9 Å². The highest BCUT2D eigenvalue weighted by Crippen LogP contribution is 2.28. The van der Waals surface area contributed by atoms with Crippen molar-refractivity contribution in [2.75, 3.05) is 13.2 Å². The second-order valence-electron chi connectivity index (χ2n) is 11.7. The minimum atomic E-state index is -1.51. The zero-order chi connectivity index (χ0) is 35.5. The van der Waals surface area contributed by atoms with Gasteiger partial charge in [-0.3, -0.25) is 19.2 Å². The molecular weight excluding hydrogens is 628 g/mol. The van der Waals surface area contributed by atoms with Gasteiger partial charge in [0.25, 0.3) is 0 Å². The van der Waals surface area contributed by atoms with E-state index < -0.39 is 79.1 Å². The summed E-state index contributed by atoms with van der Waals surface area (Å²) in [5.41, 5.74) is 15.4. The Kier molecular flexibility index (Phi) is 18.5. The zero-order valence-corrected chi connectivity index (χ0v) is 27.9. The Morgan fingerprint density at radius 3 is 2.40 bits per heavy atom. The highest BCUT2D eigenvalue weighted by Gasteiger charge is 2.47. The van der Waals surface area contributed by atoms with Gasteiger partial charge in [-0.25, -0.2) is 0 Å². The Labute approximate surface area is 280 Å². The molecule has 0 unspecified atom stereocenters. The van der Waals surface area contributed by atoms with Gasteiger partial charge in [0.15, 0.2) is 6.29 Å². The molecule has 1 fully saturated rings. The third-order valence-corrected chi connectivity index (χ3v) is 7.80. The van der Waals surface area contributed by atoms with Gasteiger partial charge in [0.2, 0.25) is 17.7 Å². The zero-order valence-electron chi connectivity index (χ0n) is 27.9. The van der Waals surface area contributed by atoms with Crippen molar-refractivity contribution in [2.24, 2.45) is 10.8 Å². The summed E-state index contributed by atoms with van der Waals surface area (Å²) in [7, 11) is 0. The monoisotopic (exact) mass is 678 g/mol. The van der Waals surface area contributed by atoms with Crippen molar-refractivity contribution < 1.29 is 48.3 Å². The van der Waals surface area contributed by atoms with Crippen molar-refractivity contribution in [1.82, 2.24) is 10.6 Å². The van der Waals surface area contributed by atoms with E-state index in [1.807, 2.05) is 18.2 Å². The number of ether oxygens (including phenoxy) is 4. The second kappa shape index (κ2) is 22.0. The Bertz CT molecular complexity index is 1200. The molecule has 1 aromatic rings. The van der Waals surface area contributed by atoms with Crippen LogP contribution in [0.4, 0.5) is 0 Å². The maximum Gasteiger partial charge on any atom is 0.305 e. The van der Waals surface area contributed by atoms with E-state index >= 15 is 0 Å². The van der Waals surface area contributed by atoms with Crippen LogP contribution in [0.2, 0.25) is 0 Å². The first-order valence-corrected chi connectivity index (χ1v) is 16.4. The summed E-state index contributed by atoms with van der Waals surface area (Å²) in [6, 6.07) is 5.46. The van der Waals surface area contributed by atoms with Gasteiger partial charge in [-0.1, -0.05) is 74.5 Å². The number of esters is 1. The molecule has 1 aliphatic heterocycles. The Morgan fingerprint density at radius 1 is 1.06 bits per heavy atom. The van der Waals surface area contributed by atoms with Gasteiger partial charge in [-0.15, -0.1) is 0 Å². The summed E-state index contributed by atoms with van der Waals surface area (Å²) in [4.78, 5) is 52.8. The van der Waals surface area contributed by atoms with E-state index in [2.05, 4.69) is 27.6 Å². The van der Waals surface area contributed by atoms with E-state index in [4.69, 9.17) is 24.7 Å². The van der Waals surface area contributed by atoms with Crippen LogP contribution in [-0.2, 0) is 44.7 Å². The third kappa shape index (κ3) is 13.7. The number of aliphatic hydroxyl groups excluding tert-OH is 2. The fraction of sp³-hybridized carbons (Fsp3) is 0.688. The first kappa shape index (κ1) is 40.4. The number of unbranched alkanes of at least 4 members (excludes halogenated alkanes) is 5. The summed E-state index contributed by atoms with van der Waals surface area (Å²) in [6.45, 7) is 4.57. The average molecular weight is 679 g/mol. The number of rotatable bonds is 22. The summed E-state index contributed by atoms with van der Waals surface area (Å²) in [6.07, 6.45) is -0.540. The van der Waals surface area contributed by atoms with E-state index in [1.165, 1.54) is 20.3 Å². The van der Waals surface area contributed by atoms with Crippen molar-refractivity contribution in [2.45, 2.75) is 128 Å². The van der Waals surface area contributed by atoms with E-state index in [9.17, 15) is 34.9 Å². The SMILES string of the molecule is CCCCCCCCOC(=O)CC[C@@H](NC(=O)[C@H](C)NC(=O)[C@@H](C)O[C@H]1[C@H](O)[C@@H](CO)O[C@H](OCc2ccccc2)[C@@H]1N=[N+]=[N-])C(N)=O. The molecule has 0 aliphatic carbocycles. The molecule has 1 saturated heterocycles. The summed E-state index contributed by atoms with van der Waals surface area (Å²) >= 11 is 0. The van der Waals surface area contributed by atoms with Gasteiger partial charge < -0.3 is 45.5 Å². The molecule has 3 amide bonds. The molecule has 48 heavy (non-hydrogen) atoms. The van der Waals surface area contributed by atoms with Gasteiger partial charge >= 0.3 is 5.97 Å². The maximum atomic E-state index is 13.0. The lowest BCUT2D eigenvalue weighted by atomic mass is 9.97. The van der Waals surface area contributed by atoms with Crippen molar-refractivity contribution in [3.8, 4) is 0 Å². The summed E-state index contributed by atoms with van der Waals surface area (Å²) in [5.74, 6) is -2.89. The van der Waals surface area contributed by atoms with Crippen LogP contribution < -0.4 is 16.4 Å². The van der Waals surface area contributed by atoms with Crippen LogP contribution in [0, 0.1) is 0 Å². The van der Waals surface area contributed by atoms with Gasteiger partial charge in [0, 0.05) is 11.3 Å². The third-order valence-electron chi connectivity index (χ3n) is 7.80. The number of nitrogens with one attached hydrogen (secondary N) is 2. The first-order valence-electron chi connectivity index (χ1n) is 16.4. The summed E-state index contributed by atoms with van der Waals surface area (Å²) < 4.78 is 22.5. The van der Waals surface area contributed by atoms with Crippen molar-refractivity contribution >= 4 is 23.7 Å². The Morgan fingerprint density at radius 2 is 1.75 bits per heavy atom. The van der Waals surface area contributed by atoms with Gasteiger partial charge in [0.05, 0.1) is 19.8 Å². The lowest BCUT2D eigenvalue weighted by Crippen LogP contribution is -2.61. The number of aliphatic hydroxyl groups is 2. The van der Waals surface area contributed by atoms with Crippen molar-refractivity contribution in [3.05, 3.63) is 46.3 Å². The number of amides is 3. The lowest BCUT2D eigenvalue weighted by Gasteiger charge is -2.43. The smallest absolute Gasteiger partial charge is 0.305 e. The van der Waals surface area contributed by atoms with Crippen molar-refractivity contribution in [3.63, 3.8) is 0 Å². The molecule has 16 nitrogen and oxygen atoms in total. The number of hydrogen-bond donors (Lipinski definition) is 5. The lowest BCUT2D eigenvalue weighted by molar-refractivity contribution is -0.279. The summed E-state index contributed by atoms with van der Waals surface area (Å²) in [5, 5.41) is 29.2. The average Bonchev–Trinajstić information content (AvgIpc) is 3.07. The number of nitrogens with zero attached hydrogens (tertiary/aromatic N) is 3. The molecule has 0 saturated carbocycles. The van der Waals surface area contributed by atoms with Crippen LogP contribution in [0.5, 0.6) is 0 Å². The molecule has 0 bridgehead atoms. The fourth-order valence-electron chi connectivity index (χ4n) is 4.96. The quantitative estimate of drug-likeness (QED) is 0.0392. The van der Waals surface area contributed by atoms with Crippen LogP contribution in [0.25, 0.3) is 10.4 Å². The molecule has 1 aromatic carbocycles. The number of carbonyl (C=O) groups excluding carboxylic acids is 4. The molecule has 0 spiro atoms. The molecule has 1 heterocycles. The molecule has 2 rings (SSSR count). The minimum Gasteiger partial charge on any atom is -0.466 e. The topological polar surface area (TPSA) is 244 Å². The Hall–Kier alpha value is -3.79. The largest absolute Gasteiger partial charge is 0.466 e. The predicted molar refractivity (Wildman–Crippen MR) is 173 cm³/mol.